The van der Waals surface area contributed by atoms with Crippen molar-refractivity contribution in [2.45, 2.75) is 37.5 Å². The predicted octanol–water partition coefficient (Wildman–Crippen LogP) is 3.15. The Kier molecular flexibility index (Phi) is 4.29. The number of rotatable bonds is 4. The molecule has 1 fully saturated rings. The lowest BCUT2D eigenvalue weighted by molar-refractivity contribution is 0.0943. The maximum Gasteiger partial charge on any atom is 0.261 e. The highest BCUT2D eigenvalue weighted by Gasteiger charge is 2.28. The van der Waals surface area contributed by atoms with Crippen LogP contribution in [0.25, 0.3) is 0 Å². The highest BCUT2D eigenvalue weighted by atomic mass is 32.2. The fourth-order valence-electron chi connectivity index (χ4n) is 2.15. The van der Waals surface area contributed by atoms with Crippen LogP contribution in [0.5, 0.6) is 0 Å². The van der Waals surface area contributed by atoms with Crippen molar-refractivity contribution in [3.8, 4) is 0 Å². The normalized spacial score (nSPS) is 24.6. The van der Waals surface area contributed by atoms with E-state index in [1.54, 1.807) is 0 Å². The molecular formula is C12H17NOS2. The van der Waals surface area contributed by atoms with E-state index >= 15 is 0 Å². The largest absolute Gasteiger partial charge is 0.347 e. The van der Waals surface area contributed by atoms with E-state index in [1.807, 2.05) is 29.3 Å². The molecule has 1 aromatic heterocycles. The monoisotopic (exact) mass is 255 g/mol. The van der Waals surface area contributed by atoms with E-state index in [-0.39, 0.29) is 5.91 Å². The molecule has 0 bridgehead atoms. The fourth-order valence-corrected chi connectivity index (χ4v) is 3.98. The highest BCUT2D eigenvalue weighted by Crippen LogP contribution is 2.30. The molecule has 0 unspecified atom stereocenters. The molecule has 1 aliphatic carbocycles. The van der Waals surface area contributed by atoms with Crippen molar-refractivity contribution in [2.75, 3.05) is 5.75 Å². The smallest absolute Gasteiger partial charge is 0.261 e. The number of thioether (sulfide) groups is 1. The summed E-state index contributed by atoms with van der Waals surface area (Å²) in [5, 5.41) is 5.73. The third kappa shape index (κ3) is 2.80. The van der Waals surface area contributed by atoms with Crippen molar-refractivity contribution >= 4 is 29.0 Å². The van der Waals surface area contributed by atoms with Gasteiger partial charge >= 0.3 is 0 Å². The van der Waals surface area contributed by atoms with Gasteiger partial charge in [0.05, 0.1) is 4.88 Å². The second-order valence-electron chi connectivity index (χ2n) is 3.98. The average Bonchev–Trinajstić information content (AvgIpc) is 2.90. The van der Waals surface area contributed by atoms with Crippen LogP contribution in [0.4, 0.5) is 0 Å². The SMILES string of the molecule is CCS[C@@H]1CCC[C@@H]1NC(=O)c1cccs1. The van der Waals surface area contributed by atoms with Crippen LogP contribution in [-0.2, 0) is 0 Å². The van der Waals surface area contributed by atoms with Crippen LogP contribution in [-0.4, -0.2) is 23.0 Å². The number of hydrogen-bond donors (Lipinski definition) is 1. The summed E-state index contributed by atoms with van der Waals surface area (Å²) in [5.41, 5.74) is 0. The molecule has 1 N–H and O–H groups in total. The molecule has 1 saturated carbocycles. The van der Waals surface area contributed by atoms with E-state index in [0.717, 1.165) is 17.1 Å². The van der Waals surface area contributed by atoms with E-state index in [0.29, 0.717) is 11.3 Å². The Bertz CT molecular complexity index is 337. The lowest BCUT2D eigenvalue weighted by atomic mass is 10.2. The molecule has 1 amide bonds. The summed E-state index contributed by atoms with van der Waals surface area (Å²) in [7, 11) is 0. The van der Waals surface area contributed by atoms with Gasteiger partial charge in [0.15, 0.2) is 0 Å². The van der Waals surface area contributed by atoms with Crippen LogP contribution < -0.4 is 5.32 Å². The molecule has 1 heterocycles. The first-order chi connectivity index (χ1) is 7.81. The van der Waals surface area contributed by atoms with Gasteiger partial charge in [-0.25, -0.2) is 0 Å². The van der Waals surface area contributed by atoms with Gasteiger partial charge in [-0.05, 0) is 30.0 Å². The van der Waals surface area contributed by atoms with Crippen molar-refractivity contribution in [1.29, 1.82) is 0 Å². The minimum absolute atomic E-state index is 0.101. The van der Waals surface area contributed by atoms with Crippen molar-refractivity contribution < 1.29 is 4.79 Å². The third-order valence-electron chi connectivity index (χ3n) is 2.89. The van der Waals surface area contributed by atoms with Gasteiger partial charge < -0.3 is 5.32 Å². The molecule has 4 heteroatoms. The molecule has 0 radical (unpaired) electrons. The maximum absolute atomic E-state index is 11.9. The lowest BCUT2D eigenvalue weighted by Crippen LogP contribution is -2.38. The molecule has 88 valence electrons. The zero-order valence-electron chi connectivity index (χ0n) is 9.44. The summed E-state index contributed by atoms with van der Waals surface area (Å²) in [5.74, 6) is 1.24. The van der Waals surface area contributed by atoms with Crippen LogP contribution >= 0.6 is 23.1 Å². The molecule has 16 heavy (non-hydrogen) atoms. The van der Waals surface area contributed by atoms with Crippen molar-refractivity contribution in [3.63, 3.8) is 0 Å². The first-order valence-corrected chi connectivity index (χ1v) is 7.70. The molecule has 0 saturated heterocycles. The number of hydrogen-bond acceptors (Lipinski definition) is 3. The van der Waals surface area contributed by atoms with E-state index in [9.17, 15) is 4.79 Å². The van der Waals surface area contributed by atoms with Crippen molar-refractivity contribution in [1.82, 2.24) is 5.32 Å². The van der Waals surface area contributed by atoms with Crippen LogP contribution in [0, 0.1) is 0 Å². The highest BCUT2D eigenvalue weighted by molar-refractivity contribution is 7.99. The zero-order valence-corrected chi connectivity index (χ0v) is 11.1. The molecule has 0 spiro atoms. The average molecular weight is 255 g/mol. The topological polar surface area (TPSA) is 29.1 Å². The van der Waals surface area contributed by atoms with Gasteiger partial charge in [-0.3, -0.25) is 4.79 Å². The maximum atomic E-state index is 11.9. The van der Waals surface area contributed by atoms with Crippen LogP contribution in [0.15, 0.2) is 17.5 Å². The van der Waals surface area contributed by atoms with Gasteiger partial charge in [0.25, 0.3) is 5.91 Å². The minimum atomic E-state index is 0.101. The Hall–Kier alpha value is -0.480. The quantitative estimate of drug-likeness (QED) is 0.895. The summed E-state index contributed by atoms with van der Waals surface area (Å²) in [4.78, 5) is 12.7. The molecular weight excluding hydrogens is 238 g/mol. The summed E-state index contributed by atoms with van der Waals surface area (Å²) in [6.45, 7) is 2.18. The van der Waals surface area contributed by atoms with E-state index in [2.05, 4.69) is 12.2 Å². The number of carbonyl (C=O) groups is 1. The van der Waals surface area contributed by atoms with Crippen molar-refractivity contribution in [2.24, 2.45) is 0 Å². The Morgan fingerprint density at radius 3 is 3.19 bits per heavy atom. The van der Waals surface area contributed by atoms with Gasteiger partial charge in [0.2, 0.25) is 0 Å². The van der Waals surface area contributed by atoms with Gasteiger partial charge in [-0.1, -0.05) is 19.4 Å². The first kappa shape index (κ1) is 12.0. The summed E-state index contributed by atoms with van der Waals surface area (Å²) in [6.07, 6.45) is 3.62. The number of amides is 1. The zero-order chi connectivity index (χ0) is 11.4. The van der Waals surface area contributed by atoms with Crippen LogP contribution in [0.1, 0.15) is 35.9 Å². The number of carbonyl (C=O) groups excluding carboxylic acids is 1. The van der Waals surface area contributed by atoms with Gasteiger partial charge in [-0.2, -0.15) is 11.8 Å². The van der Waals surface area contributed by atoms with E-state index < -0.39 is 0 Å². The Morgan fingerprint density at radius 1 is 1.62 bits per heavy atom. The molecule has 0 aromatic carbocycles. The Labute approximate surface area is 105 Å². The Morgan fingerprint density at radius 2 is 2.50 bits per heavy atom. The predicted molar refractivity (Wildman–Crippen MR) is 71.3 cm³/mol. The molecule has 1 aliphatic rings. The summed E-state index contributed by atoms with van der Waals surface area (Å²) < 4.78 is 0. The second kappa shape index (κ2) is 5.73. The third-order valence-corrected chi connectivity index (χ3v) is 5.09. The minimum Gasteiger partial charge on any atom is -0.347 e. The molecule has 2 nitrogen and oxygen atoms in total. The first-order valence-electron chi connectivity index (χ1n) is 5.77. The van der Waals surface area contributed by atoms with E-state index in [4.69, 9.17) is 0 Å². The molecule has 2 atom stereocenters. The molecule has 0 aliphatic heterocycles. The number of thiophene rings is 1. The second-order valence-corrected chi connectivity index (χ2v) is 6.45. The fraction of sp³-hybridized carbons (Fsp3) is 0.583. The van der Waals surface area contributed by atoms with E-state index in [1.165, 1.54) is 24.2 Å². The molecule has 1 aromatic rings. The van der Waals surface area contributed by atoms with Gasteiger partial charge in [-0.15, -0.1) is 11.3 Å². The molecule has 2 rings (SSSR count). The number of nitrogens with one attached hydrogen (secondary N) is 1. The standard InChI is InChI=1S/C12H17NOS2/c1-2-15-10-6-3-5-9(10)13-12(14)11-7-4-8-16-11/h4,7-10H,2-3,5-6H2,1H3,(H,13,14)/t9-,10+/m0/s1. The van der Waals surface area contributed by atoms with Gasteiger partial charge in [0, 0.05) is 11.3 Å². The van der Waals surface area contributed by atoms with Crippen LogP contribution in [0.3, 0.4) is 0 Å². The Balaban J connectivity index is 1.91. The van der Waals surface area contributed by atoms with Crippen molar-refractivity contribution in [3.05, 3.63) is 22.4 Å². The van der Waals surface area contributed by atoms with Gasteiger partial charge in [0.1, 0.15) is 0 Å². The summed E-state index contributed by atoms with van der Waals surface area (Å²) in [6, 6.07) is 4.18. The lowest BCUT2D eigenvalue weighted by Gasteiger charge is -2.19. The van der Waals surface area contributed by atoms with Crippen LogP contribution in [0.2, 0.25) is 0 Å². The summed E-state index contributed by atoms with van der Waals surface area (Å²) >= 11 is 3.49.